The molecule has 2 rings (SSSR count). The molecule has 2 heteroatoms. The van der Waals surface area contributed by atoms with Crippen LogP contribution in [0, 0.1) is 0 Å². The highest BCUT2D eigenvalue weighted by atomic mass is 79.9. The van der Waals surface area contributed by atoms with Crippen LogP contribution in [0.2, 0.25) is 0 Å². The van der Waals surface area contributed by atoms with E-state index >= 15 is 0 Å². The van der Waals surface area contributed by atoms with E-state index in [0.29, 0.717) is 0 Å². The minimum Gasteiger partial charge on any atom is -0.292 e. The van der Waals surface area contributed by atoms with Gasteiger partial charge in [0.2, 0.25) is 0 Å². The van der Waals surface area contributed by atoms with Gasteiger partial charge in [0.1, 0.15) is 0 Å². The van der Waals surface area contributed by atoms with Gasteiger partial charge in [0.25, 0.3) is 0 Å². The normalized spacial score (nSPS) is 16.7. The van der Waals surface area contributed by atoms with Crippen LogP contribution in [0.15, 0.2) is 40.9 Å². The van der Waals surface area contributed by atoms with Crippen LogP contribution in [-0.4, -0.2) is 18.0 Å². The van der Waals surface area contributed by atoms with E-state index in [2.05, 4.69) is 57.2 Å². The van der Waals surface area contributed by atoms with Gasteiger partial charge in [0.15, 0.2) is 0 Å². The summed E-state index contributed by atoms with van der Waals surface area (Å²) in [6.45, 7) is 3.21. The highest BCUT2D eigenvalue weighted by molar-refractivity contribution is 9.10. The zero-order valence-corrected chi connectivity index (χ0v) is 9.00. The van der Waals surface area contributed by atoms with E-state index in [-0.39, 0.29) is 0 Å². The number of benzene rings is 1. The van der Waals surface area contributed by atoms with E-state index in [9.17, 15) is 0 Å². The number of rotatable bonds is 2. The molecule has 68 valence electrons. The highest BCUT2D eigenvalue weighted by Crippen LogP contribution is 2.18. The average molecular weight is 238 g/mol. The van der Waals surface area contributed by atoms with Crippen molar-refractivity contribution in [2.24, 2.45) is 0 Å². The maximum Gasteiger partial charge on any atom is 0.0251 e. The Morgan fingerprint density at radius 1 is 1.15 bits per heavy atom. The molecule has 1 aliphatic heterocycles. The van der Waals surface area contributed by atoms with Crippen LogP contribution in [0.3, 0.4) is 0 Å². The summed E-state index contributed by atoms with van der Waals surface area (Å²) in [7, 11) is 0. The SMILES string of the molecule is Brc1ccccc1CN1CC=CC1. The minimum absolute atomic E-state index is 1.04. The van der Waals surface area contributed by atoms with Gasteiger partial charge < -0.3 is 0 Å². The van der Waals surface area contributed by atoms with Crippen molar-refractivity contribution in [1.82, 2.24) is 4.90 Å². The second-order valence-corrected chi connectivity index (χ2v) is 4.11. The molecule has 0 radical (unpaired) electrons. The second kappa shape index (κ2) is 4.07. The first-order valence-electron chi connectivity index (χ1n) is 4.47. The molecular weight excluding hydrogens is 226 g/mol. The lowest BCUT2D eigenvalue weighted by Crippen LogP contribution is -2.19. The zero-order valence-electron chi connectivity index (χ0n) is 7.41. The van der Waals surface area contributed by atoms with Crippen molar-refractivity contribution >= 4 is 15.9 Å². The summed E-state index contributed by atoms with van der Waals surface area (Å²) < 4.78 is 1.21. The molecule has 1 aromatic carbocycles. The van der Waals surface area contributed by atoms with Crippen molar-refractivity contribution in [2.75, 3.05) is 13.1 Å². The van der Waals surface area contributed by atoms with Gasteiger partial charge in [-0.2, -0.15) is 0 Å². The number of halogens is 1. The molecule has 0 N–H and O–H groups in total. The van der Waals surface area contributed by atoms with Crippen molar-refractivity contribution < 1.29 is 0 Å². The van der Waals surface area contributed by atoms with Crippen LogP contribution in [-0.2, 0) is 6.54 Å². The first-order chi connectivity index (χ1) is 6.36. The van der Waals surface area contributed by atoms with Crippen molar-refractivity contribution in [2.45, 2.75) is 6.54 Å². The lowest BCUT2D eigenvalue weighted by Gasteiger charge is -2.15. The van der Waals surface area contributed by atoms with E-state index < -0.39 is 0 Å². The Balaban J connectivity index is 2.05. The van der Waals surface area contributed by atoms with Crippen LogP contribution in [0.4, 0.5) is 0 Å². The topological polar surface area (TPSA) is 3.24 Å². The van der Waals surface area contributed by atoms with Crippen LogP contribution in [0.1, 0.15) is 5.56 Å². The summed E-state index contributed by atoms with van der Waals surface area (Å²) >= 11 is 3.56. The Kier molecular flexibility index (Phi) is 2.81. The van der Waals surface area contributed by atoms with Gasteiger partial charge in [0, 0.05) is 24.1 Å². The van der Waals surface area contributed by atoms with Crippen LogP contribution in [0.5, 0.6) is 0 Å². The fourth-order valence-electron chi connectivity index (χ4n) is 1.52. The van der Waals surface area contributed by atoms with E-state index in [4.69, 9.17) is 0 Å². The zero-order chi connectivity index (χ0) is 9.10. The van der Waals surface area contributed by atoms with Crippen LogP contribution >= 0.6 is 15.9 Å². The van der Waals surface area contributed by atoms with Gasteiger partial charge in [-0.05, 0) is 11.6 Å². The smallest absolute Gasteiger partial charge is 0.0251 e. The molecule has 1 aliphatic rings. The Hall–Kier alpha value is -0.600. The summed E-state index contributed by atoms with van der Waals surface area (Å²) in [6.07, 6.45) is 4.44. The van der Waals surface area contributed by atoms with Gasteiger partial charge in [-0.3, -0.25) is 4.90 Å². The average Bonchev–Trinajstić information content (AvgIpc) is 2.61. The summed E-state index contributed by atoms with van der Waals surface area (Å²) in [6, 6.07) is 8.40. The summed E-state index contributed by atoms with van der Waals surface area (Å²) in [5.41, 5.74) is 1.37. The van der Waals surface area contributed by atoms with E-state index in [1.165, 1.54) is 10.0 Å². The lowest BCUT2D eigenvalue weighted by molar-refractivity contribution is 0.344. The predicted octanol–water partition coefficient (Wildman–Crippen LogP) is 2.82. The lowest BCUT2D eigenvalue weighted by atomic mass is 10.2. The Morgan fingerprint density at radius 2 is 1.85 bits per heavy atom. The van der Waals surface area contributed by atoms with Crippen molar-refractivity contribution in [1.29, 1.82) is 0 Å². The standard InChI is InChI=1S/C11H12BrN/c12-11-6-2-1-5-10(11)9-13-7-3-4-8-13/h1-6H,7-9H2. The number of hydrogen-bond donors (Lipinski definition) is 0. The molecule has 1 aromatic rings. The maximum absolute atomic E-state index is 3.56. The van der Waals surface area contributed by atoms with E-state index in [1.54, 1.807) is 0 Å². The molecule has 13 heavy (non-hydrogen) atoms. The first kappa shape index (κ1) is 8.97. The molecule has 0 spiro atoms. The van der Waals surface area contributed by atoms with Crippen LogP contribution < -0.4 is 0 Å². The molecule has 0 aliphatic carbocycles. The van der Waals surface area contributed by atoms with Gasteiger partial charge in [-0.25, -0.2) is 0 Å². The Morgan fingerprint density at radius 3 is 2.54 bits per heavy atom. The van der Waals surface area contributed by atoms with E-state index in [1.807, 2.05) is 0 Å². The molecule has 0 aromatic heterocycles. The van der Waals surface area contributed by atoms with Gasteiger partial charge in [-0.1, -0.05) is 46.3 Å². The minimum atomic E-state index is 1.04. The molecule has 0 saturated carbocycles. The molecule has 0 saturated heterocycles. The highest BCUT2D eigenvalue weighted by Gasteiger charge is 2.08. The van der Waals surface area contributed by atoms with Gasteiger partial charge in [0.05, 0.1) is 0 Å². The third-order valence-corrected chi connectivity index (χ3v) is 3.02. The van der Waals surface area contributed by atoms with E-state index in [0.717, 1.165) is 19.6 Å². The van der Waals surface area contributed by atoms with Gasteiger partial charge in [-0.15, -0.1) is 0 Å². The molecule has 0 atom stereocenters. The summed E-state index contributed by atoms with van der Waals surface area (Å²) in [5.74, 6) is 0. The third-order valence-electron chi connectivity index (χ3n) is 2.25. The van der Waals surface area contributed by atoms with Crippen LogP contribution in [0.25, 0.3) is 0 Å². The number of hydrogen-bond acceptors (Lipinski definition) is 1. The quantitative estimate of drug-likeness (QED) is 0.716. The fraction of sp³-hybridized carbons (Fsp3) is 0.273. The molecule has 0 bridgehead atoms. The maximum atomic E-state index is 3.56. The first-order valence-corrected chi connectivity index (χ1v) is 5.26. The predicted molar refractivity (Wildman–Crippen MR) is 58.6 cm³/mol. The van der Waals surface area contributed by atoms with Crippen molar-refractivity contribution in [3.63, 3.8) is 0 Å². The molecular formula is C11H12BrN. The van der Waals surface area contributed by atoms with Crippen molar-refractivity contribution in [3.8, 4) is 0 Å². The second-order valence-electron chi connectivity index (χ2n) is 3.26. The molecule has 1 heterocycles. The number of nitrogens with zero attached hydrogens (tertiary/aromatic N) is 1. The molecule has 0 amide bonds. The van der Waals surface area contributed by atoms with Gasteiger partial charge >= 0.3 is 0 Å². The molecule has 0 unspecified atom stereocenters. The summed E-state index contributed by atoms with van der Waals surface area (Å²) in [5, 5.41) is 0. The largest absolute Gasteiger partial charge is 0.292 e. The summed E-state index contributed by atoms with van der Waals surface area (Å²) in [4.78, 5) is 2.40. The third kappa shape index (κ3) is 2.20. The molecule has 0 fully saturated rings. The Labute approximate surface area is 87.2 Å². The molecule has 1 nitrogen and oxygen atoms in total. The Bertz CT molecular complexity index is 312. The fourth-order valence-corrected chi connectivity index (χ4v) is 1.93. The monoisotopic (exact) mass is 237 g/mol. The van der Waals surface area contributed by atoms with Crippen molar-refractivity contribution in [3.05, 3.63) is 46.5 Å².